The molecule has 0 spiro atoms. The third kappa shape index (κ3) is 4.45. The molecule has 1 fully saturated rings. The predicted octanol–water partition coefficient (Wildman–Crippen LogP) is 1.78. The van der Waals surface area contributed by atoms with Gasteiger partial charge >= 0.3 is 0 Å². The van der Waals surface area contributed by atoms with Crippen LogP contribution < -0.4 is 10.6 Å². The number of hydrogen-bond donors (Lipinski definition) is 2. The van der Waals surface area contributed by atoms with Crippen molar-refractivity contribution in [3.8, 4) is 0 Å². The Kier molecular flexibility index (Phi) is 4.18. The SMILES string of the molecule is c1ccc(CNCCNCC2CC2)cc1. The van der Waals surface area contributed by atoms with Crippen LogP contribution in [0.5, 0.6) is 0 Å². The Morgan fingerprint density at radius 2 is 1.73 bits per heavy atom. The van der Waals surface area contributed by atoms with Crippen molar-refractivity contribution >= 4 is 0 Å². The molecular formula is C13H20N2. The summed E-state index contributed by atoms with van der Waals surface area (Å²) in [5.74, 6) is 0.985. The molecule has 0 radical (unpaired) electrons. The van der Waals surface area contributed by atoms with E-state index in [9.17, 15) is 0 Å². The lowest BCUT2D eigenvalue weighted by atomic mass is 10.2. The molecule has 0 bridgehead atoms. The van der Waals surface area contributed by atoms with Gasteiger partial charge in [-0.2, -0.15) is 0 Å². The van der Waals surface area contributed by atoms with Crippen molar-refractivity contribution in [3.63, 3.8) is 0 Å². The molecular weight excluding hydrogens is 184 g/mol. The average Bonchev–Trinajstić information content (AvgIpc) is 3.09. The molecule has 1 aromatic carbocycles. The van der Waals surface area contributed by atoms with Gasteiger partial charge in [0.15, 0.2) is 0 Å². The summed E-state index contributed by atoms with van der Waals surface area (Å²) in [7, 11) is 0. The quantitative estimate of drug-likeness (QED) is 0.662. The zero-order valence-corrected chi connectivity index (χ0v) is 9.21. The van der Waals surface area contributed by atoms with E-state index in [0.29, 0.717) is 0 Å². The number of benzene rings is 1. The van der Waals surface area contributed by atoms with Crippen LogP contribution >= 0.6 is 0 Å². The van der Waals surface area contributed by atoms with Gasteiger partial charge in [-0.25, -0.2) is 0 Å². The van der Waals surface area contributed by atoms with Gasteiger partial charge in [-0.1, -0.05) is 30.3 Å². The van der Waals surface area contributed by atoms with Gasteiger partial charge in [0.1, 0.15) is 0 Å². The maximum Gasteiger partial charge on any atom is 0.0206 e. The van der Waals surface area contributed by atoms with Crippen molar-refractivity contribution in [1.29, 1.82) is 0 Å². The normalized spacial score (nSPS) is 15.5. The van der Waals surface area contributed by atoms with E-state index < -0.39 is 0 Å². The molecule has 0 heterocycles. The minimum absolute atomic E-state index is 0.978. The van der Waals surface area contributed by atoms with Gasteiger partial charge in [0.2, 0.25) is 0 Å². The Hall–Kier alpha value is -0.860. The molecule has 1 aliphatic carbocycles. The van der Waals surface area contributed by atoms with Gasteiger partial charge in [-0.05, 0) is 30.9 Å². The molecule has 0 amide bonds. The summed E-state index contributed by atoms with van der Waals surface area (Å²) in [5, 5.41) is 6.90. The van der Waals surface area contributed by atoms with Crippen molar-refractivity contribution in [1.82, 2.24) is 10.6 Å². The zero-order chi connectivity index (χ0) is 10.3. The predicted molar refractivity (Wildman–Crippen MR) is 63.7 cm³/mol. The van der Waals surface area contributed by atoms with Crippen LogP contribution in [0.15, 0.2) is 30.3 Å². The molecule has 0 saturated heterocycles. The third-order valence-corrected chi connectivity index (χ3v) is 2.78. The second kappa shape index (κ2) is 5.89. The minimum Gasteiger partial charge on any atom is -0.315 e. The Balaban J connectivity index is 1.47. The number of hydrogen-bond acceptors (Lipinski definition) is 2. The van der Waals surface area contributed by atoms with E-state index >= 15 is 0 Å². The lowest BCUT2D eigenvalue weighted by molar-refractivity contribution is 0.589. The molecule has 2 rings (SSSR count). The first-order valence-corrected chi connectivity index (χ1v) is 5.90. The van der Waals surface area contributed by atoms with Crippen LogP contribution in [0.4, 0.5) is 0 Å². The van der Waals surface area contributed by atoms with Crippen LogP contribution in [0.25, 0.3) is 0 Å². The van der Waals surface area contributed by atoms with Crippen LogP contribution in [0.2, 0.25) is 0 Å². The molecule has 1 aliphatic rings. The second-order valence-corrected chi connectivity index (χ2v) is 4.31. The maximum atomic E-state index is 3.47. The third-order valence-electron chi connectivity index (χ3n) is 2.78. The zero-order valence-electron chi connectivity index (χ0n) is 9.21. The topological polar surface area (TPSA) is 24.1 Å². The molecule has 2 heteroatoms. The first-order valence-electron chi connectivity index (χ1n) is 5.90. The highest BCUT2D eigenvalue weighted by Crippen LogP contribution is 2.27. The monoisotopic (exact) mass is 204 g/mol. The Morgan fingerprint density at radius 3 is 2.47 bits per heavy atom. The van der Waals surface area contributed by atoms with Crippen LogP contribution in [0.3, 0.4) is 0 Å². The highest BCUT2D eigenvalue weighted by molar-refractivity contribution is 5.14. The highest BCUT2D eigenvalue weighted by Gasteiger charge is 2.19. The van der Waals surface area contributed by atoms with Crippen molar-refractivity contribution in [2.24, 2.45) is 5.92 Å². The summed E-state index contributed by atoms with van der Waals surface area (Å²) in [6.07, 6.45) is 2.87. The van der Waals surface area contributed by atoms with Crippen molar-refractivity contribution in [3.05, 3.63) is 35.9 Å². The molecule has 0 aliphatic heterocycles. The summed E-state index contributed by atoms with van der Waals surface area (Å²) in [4.78, 5) is 0. The number of nitrogens with one attached hydrogen (secondary N) is 2. The van der Waals surface area contributed by atoms with E-state index in [4.69, 9.17) is 0 Å². The van der Waals surface area contributed by atoms with E-state index in [1.165, 1.54) is 24.9 Å². The van der Waals surface area contributed by atoms with Crippen LogP contribution in [-0.4, -0.2) is 19.6 Å². The summed E-state index contributed by atoms with van der Waals surface area (Å²) < 4.78 is 0. The van der Waals surface area contributed by atoms with E-state index in [2.05, 4.69) is 41.0 Å². The molecule has 1 aromatic rings. The highest BCUT2D eigenvalue weighted by atomic mass is 14.9. The summed E-state index contributed by atoms with van der Waals surface area (Å²) >= 11 is 0. The van der Waals surface area contributed by atoms with E-state index in [-0.39, 0.29) is 0 Å². The van der Waals surface area contributed by atoms with Crippen molar-refractivity contribution in [2.75, 3.05) is 19.6 Å². The van der Waals surface area contributed by atoms with Gasteiger partial charge in [0, 0.05) is 19.6 Å². The maximum absolute atomic E-state index is 3.47. The van der Waals surface area contributed by atoms with E-state index in [1.807, 2.05) is 0 Å². The van der Waals surface area contributed by atoms with Crippen LogP contribution in [0.1, 0.15) is 18.4 Å². The minimum atomic E-state index is 0.978. The molecule has 82 valence electrons. The summed E-state index contributed by atoms with van der Waals surface area (Å²) in [6, 6.07) is 10.5. The van der Waals surface area contributed by atoms with Gasteiger partial charge in [-0.15, -0.1) is 0 Å². The fourth-order valence-corrected chi connectivity index (χ4v) is 1.63. The largest absolute Gasteiger partial charge is 0.315 e. The van der Waals surface area contributed by atoms with Gasteiger partial charge in [0.25, 0.3) is 0 Å². The Bertz CT molecular complexity index is 267. The molecule has 0 aromatic heterocycles. The second-order valence-electron chi connectivity index (χ2n) is 4.31. The van der Waals surface area contributed by atoms with Crippen LogP contribution in [0, 0.1) is 5.92 Å². The Labute approximate surface area is 92.1 Å². The fourth-order valence-electron chi connectivity index (χ4n) is 1.63. The lowest BCUT2D eigenvalue weighted by Crippen LogP contribution is -2.28. The number of rotatable bonds is 7. The van der Waals surface area contributed by atoms with Crippen molar-refractivity contribution < 1.29 is 0 Å². The van der Waals surface area contributed by atoms with E-state index in [0.717, 1.165) is 25.6 Å². The first kappa shape index (κ1) is 10.7. The van der Waals surface area contributed by atoms with Gasteiger partial charge < -0.3 is 10.6 Å². The molecule has 0 unspecified atom stereocenters. The molecule has 2 nitrogen and oxygen atoms in total. The molecule has 2 N–H and O–H groups in total. The summed E-state index contributed by atoms with van der Waals surface area (Å²) in [5.41, 5.74) is 1.36. The molecule has 15 heavy (non-hydrogen) atoms. The molecule has 0 atom stereocenters. The summed E-state index contributed by atoms with van der Waals surface area (Å²) in [6.45, 7) is 4.34. The van der Waals surface area contributed by atoms with Crippen LogP contribution in [-0.2, 0) is 6.54 Å². The standard InChI is InChI=1S/C13H20N2/c1-2-4-12(5-3-1)10-14-8-9-15-11-13-6-7-13/h1-5,13-15H,6-11H2. The van der Waals surface area contributed by atoms with Crippen molar-refractivity contribution in [2.45, 2.75) is 19.4 Å². The molecule has 1 saturated carbocycles. The Morgan fingerprint density at radius 1 is 1.00 bits per heavy atom. The van der Waals surface area contributed by atoms with Gasteiger partial charge in [-0.3, -0.25) is 0 Å². The van der Waals surface area contributed by atoms with E-state index in [1.54, 1.807) is 0 Å². The fraction of sp³-hybridized carbons (Fsp3) is 0.538. The first-order chi connectivity index (χ1) is 7.45. The smallest absolute Gasteiger partial charge is 0.0206 e. The van der Waals surface area contributed by atoms with Gasteiger partial charge in [0.05, 0.1) is 0 Å². The average molecular weight is 204 g/mol. The lowest BCUT2D eigenvalue weighted by Gasteiger charge is -2.05.